The first-order valence-electron chi connectivity index (χ1n) is 5.01. The first-order valence-corrected chi connectivity index (χ1v) is 6.12. The topological polar surface area (TPSA) is 68.3 Å². The van der Waals surface area contributed by atoms with Crippen molar-refractivity contribution < 1.29 is 23.0 Å². The summed E-state index contributed by atoms with van der Waals surface area (Å²) in [6, 6.07) is 5.28. The van der Waals surface area contributed by atoms with Gasteiger partial charge in [0.25, 0.3) is 0 Å². The molecule has 1 aromatic rings. The quantitative estimate of drug-likeness (QED) is 0.637. The maximum atomic E-state index is 11.2. The van der Waals surface area contributed by atoms with Crippen LogP contribution in [0.15, 0.2) is 23.1 Å². The zero-order valence-electron chi connectivity index (χ0n) is 8.95. The van der Waals surface area contributed by atoms with Gasteiger partial charge in [0.1, 0.15) is 11.5 Å². The first kappa shape index (κ1) is 10.8. The summed E-state index contributed by atoms with van der Waals surface area (Å²) in [4.78, 5) is 0.321. The van der Waals surface area contributed by atoms with Crippen LogP contribution in [0.2, 0.25) is 0 Å². The van der Waals surface area contributed by atoms with E-state index in [1.54, 1.807) is 31.4 Å². The van der Waals surface area contributed by atoms with Crippen molar-refractivity contribution in [2.75, 3.05) is 7.11 Å². The minimum atomic E-state index is -2.05. The number of rotatable bonds is 2. The summed E-state index contributed by atoms with van der Waals surface area (Å²) < 4.78 is 36.2. The van der Waals surface area contributed by atoms with Crippen LogP contribution in [0.25, 0.3) is 6.08 Å². The maximum absolute atomic E-state index is 11.2. The van der Waals surface area contributed by atoms with Crippen molar-refractivity contribution in [2.24, 2.45) is 0 Å². The highest BCUT2D eigenvalue weighted by molar-refractivity contribution is 7.83. The second-order valence-electron chi connectivity index (χ2n) is 3.74. The second-order valence-corrected chi connectivity index (χ2v) is 4.71. The SMILES string of the molecule is COc1ccc2c(c1)C=C(S(=O)O)C1OC1O2. The van der Waals surface area contributed by atoms with Crippen LogP contribution < -0.4 is 9.47 Å². The van der Waals surface area contributed by atoms with Crippen molar-refractivity contribution in [3.8, 4) is 11.5 Å². The third kappa shape index (κ3) is 1.84. The predicted octanol–water partition coefficient (Wildman–Crippen LogP) is 1.38. The fourth-order valence-corrected chi connectivity index (χ4v) is 2.37. The van der Waals surface area contributed by atoms with Crippen LogP contribution in [0.1, 0.15) is 5.56 Å². The average Bonchev–Trinajstić information content (AvgIpc) is 3.05. The lowest BCUT2D eigenvalue weighted by atomic mass is 10.1. The van der Waals surface area contributed by atoms with Crippen molar-refractivity contribution in [2.45, 2.75) is 12.4 Å². The molecular formula is C11H10O5S. The van der Waals surface area contributed by atoms with Gasteiger partial charge in [-0.05, 0) is 24.3 Å². The highest BCUT2D eigenvalue weighted by Gasteiger charge is 2.48. The molecule has 6 heteroatoms. The molecule has 3 atom stereocenters. The number of hydrogen-bond acceptors (Lipinski definition) is 4. The smallest absolute Gasteiger partial charge is 0.232 e. The van der Waals surface area contributed by atoms with Crippen LogP contribution in [0.4, 0.5) is 0 Å². The Morgan fingerprint density at radius 2 is 2.29 bits per heavy atom. The first-order chi connectivity index (χ1) is 8.19. The predicted molar refractivity (Wildman–Crippen MR) is 61.0 cm³/mol. The third-order valence-corrected chi connectivity index (χ3v) is 3.44. The molecule has 0 spiro atoms. The zero-order valence-corrected chi connectivity index (χ0v) is 9.77. The molecule has 17 heavy (non-hydrogen) atoms. The van der Waals surface area contributed by atoms with E-state index in [0.717, 1.165) is 5.56 Å². The fourth-order valence-electron chi connectivity index (χ4n) is 1.77. The minimum Gasteiger partial charge on any atom is -0.497 e. The van der Waals surface area contributed by atoms with E-state index < -0.39 is 23.5 Å². The maximum Gasteiger partial charge on any atom is 0.232 e. The number of hydrogen-bond donors (Lipinski definition) is 1. The van der Waals surface area contributed by atoms with E-state index in [2.05, 4.69) is 0 Å². The molecule has 90 valence electrons. The third-order valence-electron chi connectivity index (χ3n) is 2.69. The lowest BCUT2D eigenvalue weighted by Crippen LogP contribution is -2.06. The van der Waals surface area contributed by atoms with Gasteiger partial charge in [0, 0.05) is 5.56 Å². The number of ether oxygens (including phenoxy) is 3. The Morgan fingerprint density at radius 3 is 3.00 bits per heavy atom. The normalized spacial score (nSPS) is 26.8. The second kappa shape index (κ2) is 3.83. The van der Waals surface area contributed by atoms with Gasteiger partial charge in [0.2, 0.25) is 6.29 Å². The Kier molecular flexibility index (Phi) is 2.43. The van der Waals surface area contributed by atoms with E-state index in [1.165, 1.54) is 0 Å². The van der Waals surface area contributed by atoms with E-state index in [0.29, 0.717) is 16.4 Å². The monoisotopic (exact) mass is 254 g/mol. The fraction of sp³-hybridized carbons (Fsp3) is 0.273. The summed E-state index contributed by atoms with van der Waals surface area (Å²) in [5.74, 6) is 1.29. The zero-order chi connectivity index (χ0) is 12.0. The number of methoxy groups -OCH3 is 1. The highest BCUT2D eigenvalue weighted by atomic mass is 32.2. The van der Waals surface area contributed by atoms with E-state index in [-0.39, 0.29) is 0 Å². The highest BCUT2D eigenvalue weighted by Crippen LogP contribution is 2.40. The molecule has 2 aliphatic rings. The van der Waals surface area contributed by atoms with Crippen molar-refractivity contribution in [1.29, 1.82) is 0 Å². The van der Waals surface area contributed by atoms with Crippen molar-refractivity contribution in [3.63, 3.8) is 0 Å². The van der Waals surface area contributed by atoms with Gasteiger partial charge < -0.3 is 18.8 Å². The Labute approximate surface area is 100 Å². The molecule has 0 bridgehead atoms. The van der Waals surface area contributed by atoms with Crippen molar-refractivity contribution in [1.82, 2.24) is 0 Å². The summed E-state index contributed by atoms with van der Waals surface area (Å²) in [7, 11) is 1.56. The van der Waals surface area contributed by atoms with Crippen molar-refractivity contribution >= 4 is 17.2 Å². The van der Waals surface area contributed by atoms with Crippen molar-refractivity contribution in [3.05, 3.63) is 28.7 Å². The van der Waals surface area contributed by atoms with Gasteiger partial charge in [-0.15, -0.1) is 0 Å². The molecule has 0 amide bonds. The summed E-state index contributed by atoms with van der Waals surface area (Å²) in [5, 5.41) is 0. The molecule has 0 aromatic heterocycles. The number of epoxide rings is 1. The van der Waals surface area contributed by atoms with E-state index in [1.807, 2.05) is 0 Å². The molecule has 1 N–H and O–H groups in total. The van der Waals surface area contributed by atoms with Crippen LogP contribution in [0.5, 0.6) is 11.5 Å². The largest absolute Gasteiger partial charge is 0.497 e. The Morgan fingerprint density at radius 1 is 1.47 bits per heavy atom. The van der Waals surface area contributed by atoms with Gasteiger partial charge in [-0.3, -0.25) is 0 Å². The summed E-state index contributed by atoms with van der Waals surface area (Å²) in [6.07, 6.45) is 0.747. The van der Waals surface area contributed by atoms with E-state index in [4.69, 9.17) is 14.2 Å². The molecule has 1 saturated heterocycles. The van der Waals surface area contributed by atoms with Gasteiger partial charge in [0.05, 0.1) is 12.0 Å². The summed E-state index contributed by atoms with van der Waals surface area (Å²) in [5.41, 5.74) is 0.720. The number of fused-ring (bicyclic) bond motifs is 2. The summed E-state index contributed by atoms with van der Waals surface area (Å²) in [6.45, 7) is 0. The van der Waals surface area contributed by atoms with Gasteiger partial charge in [-0.2, -0.15) is 0 Å². The Hall–Kier alpha value is -1.37. The van der Waals surface area contributed by atoms with Crippen LogP contribution in [0, 0.1) is 0 Å². The molecule has 0 aliphatic carbocycles. The average molecular weight is 254 g/mol. The van der Waals surface area contributed by atoms with Crippen LogP contribution in [-0.4, -0.2) is 28.3 Å². The van der Waals surface area contributed by atoms with E-state index >= 15 is 0 Å². The van der Waals surface area contributed by atoms with Crippen LogP contribution in [-0.2, 0) is 15.8 Å². The van der Waals surface area contributed by atoms with Gasteiger partial charge in [-0.25, -0.2) is 4.21 Å². The number of benzene rings is 1. The summed E-state index contributed by atoms with van der Waals surface area (Å²) >= 11 is -2.05. The van der Waals surface area contributed by atoms with Gasteiger partial charge in [0.15, 0.2) is 17.2 Å². The van der Waals surface area contributed by atoms with E-state index in [9.17, 15) is 8.76 Å². The molecular weight excluding hydrogens is 244 g/mol. The molecule has 0 saturated carbocycles. The molecule has 1 aromatic carbocycles. The molecule has 0 radical (unpaired) electrons. The van der Waals surface area contributed by atoms with Crippen LogP contribution >= 0.6 is 0 Å². The molecule has 2 aliphatic heterocycles. The van der Waals surface area contributed by atoms with Gasteiger partial charge >= 0.3 is 0 Å². The standard InChI is InChI=1S/C11H10O5S/c1-14-7-2-3-8-6(4-7)5-9(17(12)13)10-11(15-8)16-10/h2-5,10-11H,1H3,(H,12,13). The Bertz CT molecular complexity index is 525. The Balaban J connectivity index is 2.09. The molecule has 2 heterocycles. The minimum absolute atomic E-state index is 0.321. The van der Waals surface area contributed by atoms with Gasteiger partial charge in [-0.1, -0.05) is 0 Å². The lowest BCUT2D eigenvalue weighted by Gasteiger charge is -2.07. The lowest BCUT2D eigenvalue weighted by molar-refractivity contribution is 0.178. The molecule has 5 nitrogen and oxygen atoms in total. The molecule has 3 rings (SSSR count). The molecule has 3 unspecified atom stereocenters. The molecule has 1 fully saturated rings. The van der Waals surface area contributed by atoms with Crippen LogP contribution in [0.3, 0.4) is 0 Å².